The van der Waals surface area contributed by atoms with E-state index in [2.05, 4.69) is 4.98 Å². The summed E-state index contributed by atoms with van der Waals surface area (Å²) in [6.45, 7) is 1.86. The van der Waals surface area contributed by atoms with E-state index in [1.165, 1.54) is 18.2 Å². The lowest BCUT2D eigenvalue weighted by molar-refractivity contribution is 0.603. The molecule has 0 spiro atoms. The Morgan fingerprint density at radius 2 is 1.74 bits per heavy atom. The van der Waals surface area contributed by atoms with Crippen molar-refractivity contribution in [3.05, 3.63) is 70.8 Å². The molecule has 1 N–H and O–H groups in total. The maximum absolute atomic E-state index is 12.6. The number of sulfone groups is 1. The average Bonchev–Trinajstić information content (AvgIpc) is 2.88. The van der Waals surface area contributed by atoms with E-state index in [1.54, 1.807) is 18.2 Å². The smallest absolute Gasteiger partial charge is 0.216 e. The van der Waals surface area contributed by atoms with Gasteiger partial charge in [-0.25, -0.2) is 8.42 Å². The molecule has 0 aliphatic heterocycles. The summed E-state index contributed by atoms with van der Waals surface area (Å²) in [5.41, 5.74) is 2.45. The van der Waals surface area contributed by atoms with Crippen molar-refractivity contribution in [1.29, 1.82) is 5.26 Å². The number of H-pyrrole nitrogens is 1. The predicted molar refractivity (Wildman–Crippen MR) is 90.3 cm³/mol. The Hall–Kier alpha value is -2.84. The van der Waals surface area contributed by atoms with Gasteiger partial charge >= 0.3 is 0 Å². The third-order valence-corrected chi connectivity index (χ3v) is 5.35. The molecule has 3 rings (SSSR count). The molecular formula is C18H14N2O2S. The number of nitriles is 1. The molecule has 23 heavy (non-hydrogen) atoms. The fraction of sp³-hybridized carbons (Fsp3) is 0.0556. The van der Waals surface area contributed by atoms with E-state index in [9.17, 15) is 13.7 Å². The van der Waals surface area contributed by atoms with Gasteiger partial charge in [0.15, 0.2) is 0 Å². The quantitative estimate of drug-likeness (QED) is 0.745. The second kappa shape index (κ2) is 5.75. The first kappa shape index (κ1) is 15.1. The van der Waals surface area contributed by atoms with E-state index >= 15 is 0 Å². The van der Waals surface area contributed by atoms with Crippen molar-refractivity contribution in [3.8, 4) is 6.07 Å². The first-order chi connectivity index (χ1) is 11.0. The molecule has 1 aromatic heterocycles. The van der Waals surface area contributed by atoms with E-state index in [0.29, 0.717) is 0 Å². The minimum atomic E-state index is -3.83. The van der Waals surface area contributed by atoms with Gasteiger partial charge in [-0.3, -0.25) is 0 Å². The second-order valence-electron chi connectivity index (χ2n) is 5.15. The lowest BCUT2D eigenvalue weighted by Crippen LogP contribution is -2.03. The summed E-state index contributed by atoms with van der Waals surface area (Å²) in [5, 5.41) is 10.3. The van der Waals surface area contributed by atoms with Crippen molar-refractivity contribution in [1.82, 2.24) is 4.98 Å². The standard InChI is InChI=1S/C18H14N2O2S/c1-13-17(16-9-5-6-10-18(16)20-13)11-15(12-19)23(21,22)14-7-3-2-4-8-14/h2-11,20H,1H3. The van der Waals surface area contributed by atoms with E-state index in [-0.39, 0.29) is 9.80 Å². The number of nitrogens with one attached hydrogen (secondary N) is 1. The normalized spacial score (nSPS) is 12.3. The highest BCUT2D eigenvalue weighted by atomic mass is 32.2. The molecule has 0 radical (unpaired) electrons. The lowest BCUT2D eigenvalue weighted by Gasteiger charge is -2.03. The Labute approximate surface area is 134 Å². The summed E-state index contributed by atoms with van der Waals surface area (Å²) in [7, 11) is -3.83. The molecule has 0 saturated carbocycles. The molecule has 0 aliphatic rings. The number of aryl methyl sites for hydroxylation is 1. The van der Waals surface area contributed by atoms with E-state index < -0.39 is 9.84 Å². The third-order valence-electron chi connectivity index (χ3n) is 3.67. The fourth-order valence-corrected chi connectivity index (χ4v) is 3.67. The van der Waals surface area contributed by atoms with Crippen molar-refractivity contribution in [3.63, 3.8) is 0 Å². The van der Waals surface area contributed by atoms with Crippen LogP contribution in [-0.4, -0.2) is 13.4 Å². The van der Waals surface area contributed by atoms with Gasteiger partial charge in [-0.2, -0.15) is 5.26 Å². The van der Waals surface area contributed by atoms with Gasteiger partial charge in [0.2, 0.25) is 9.84 Å². The van der Waals surface area contributed by atoms with Crippen LogP contribution in [0.4, 0.5) is 0 Å². The number of hydrogen-bond acceptors (Lipinski definition) is 3. The molecule has 1 heterocycles. The SMILES string of the molecule is Cc1[nH]c2ccccc2c1C=C(C#N)S(=O)(=O)c1ccccc1. The van der Waals surface area contributed by atoms with Crippen molar-refractivity contribution in [2.75, 3.05) is 0 Å². The number of nitrogens with zero attached hydrogens (tertiary/aromatic N) is 1. The first-order valence-electron chi connectivity index (χ1n) is 7.03. The summed E-state index contributed by atoms with van der Waals surface area (Å²) in [4.78, 5) is 3.05. The van der Waals surface area contributed by atoms with Gasteiger partial charge in [0.05, 0.1) is 4.90 Å². The summed E-state index contributed by atoms with van der Waals surface area (Å²) < 4.78 is 25.3. The predicted octanol–water partition coefficient (Wildman–Crippen LogP) is 3.81. The summed E-state index contributed by atoms with van der Waals surface area (Å²) >= 11 is 0. The lowest BCUT2D eigenvalue weighted by atomic mass is 10.1. The molecule has 5 heteroatoms. The Morgan fingerprint density at radius 3 is 2.43 bits per heavy atom. The number of fused-ring (bicyclic) bond motifs is 1. The molecule has 0 fully saturated rings. The Kier molecular flexibility index (Phi) is 3.77. The van der Waals surface area contributed by atoms with Crippen molar-refractivity contribution in [2.45, 2.75) is 11.8 Å². The van der Waals surface area contributed by atoms with E-state index in [4.69, 9.17) is 0 Å². The van der Waals surface area contributed by atoms with Crippen LogP contribution in [0.25, 0.3) is 17.0 Å². The van der Waals surface area contributed by atoms with Crippen molar-refractivity contribution in [2.24, 2.45) is 0 Å². The topological polar surface area (TPSA) is 73.7 Å². The summed E-state index contributed by atoms with van der Waals surface area (Å²) in [6, 6.07) is 17.4. The van der Waals surface area contributed by atoms with Gasteiger partial charge in [0.25, 0.3) is 0 Å². The molecule has 0 aliphatic carbocycles. The summed E-state index contributed by atoms with van der Waals surface area (Å²) in [6.07, 6.45) is 1.44. The van der Waals surface area contributed by atoms with Gasteiger partial charge in [0, 0.05) is 22.2 Å². The summed E-state index contributed by atoms with van der Waals surface area (Å²) in [5.74, 6) is 0. The zero-order valence-electron chi connectivity index (χ0n) is 12.4. The molecule has 0 bridgehead atoms. The van der Waals surface area contributed by atoms with Crippen LogP contribution in [0.1, 0.15) is 11.3 Å². The van der Waals surface area contributed by atoms with Crippen molar-refractivity contribution >= 4 is 26.8 Å². The molecular weight excluding hydrogens is 308 g/mol. The molecule has 4 nitrogen and oxygen atoms in total. The monoisotopic (exact) mass is 322 g/mol. The second-order valence-corrected chi connectivity index (χ2v) is 7.06. The van der Waals surface area contributed by atoms with Gasteiger partial charge < -0.3 is 4.98 Å². The molecule has 0 unspecified atom stereocenters. The van der Waals surface area contributed by atoms with Crippen LogP contribution in [0.3, 0.4) is 0 Å². The van der Waals surface area contributed by atoms with E-state index in [1.807, 2.05) is 37.3 Å². The number of allylic oxidation sites excluding steroid dienone is 1. The highest BCUT2D eigenvalue weighted by Crippen LogP contribution is 2.27. The number of rotatable bonds is 3. The number of hydrogen-bond donors (Lipinski definition) is 1. The van der Waals surface area contributed by atoms with Crippen LogP contribution >= 0.6 is 0 Å². The Bertz CT molecular complexity index is 1040. The zero-order valence-corrected chi connectivity index (χ0v) is 13.3. The van der Waals surface area contributed by atoms with Gasteiger partial charge in [0.1, 0.15) is 11.0 Å². The van der Waals surface area contributed by atoms with Crippen LogP contribution in [0, 0.1) is 18.3 Å². The van der Waals surface area contributed by atoms with Gasteiger partial charge in [-0.1, -0.05) is 36.4 Å². The van der Waals surface area contributed by atoms with Crippen LogP contribution < -0.4 is 0 Å². The minimum absolute atomic E-state index is 0.116. The number of aromatic nitrogens is 1. The number of para-hydroxylation sites is 1. The zero-order chi connectivity index (χ0) is 16.4. The maximum Gasteiger partial charge on any atom is 0.216 e. The number of aromatic amines is 1. The van der Waals surface area contributed by atoms with Gasteiger partial charge in [-0.15, -0.1) is 0 Å². The first-order valence-corrected chi connectivity index (χ1v) is 8.51. The maximum atomic E-state index is 12.6. The van der Waals surface area contributed by atoms with E-state index in [0.717, 1.165) is 22.2 Å². The van der Waals surface area contributed by atoms with Crippen LogP contribution in [0.2, 0.25) is 0 Å². The molecule has 0 saturated heterocycles. The molecule has 3 aromatic rings. The number of benzene rings is 2. The van der Waals surface area contributed by atoms with Crippen molar-refractivity contribution < 1.29 is 8.42 Å². The Balaban J connectivity index is 2.20. The highest BCUT2D eigenvalue weighted by Gasteiger charge is 2.21. The van der Waals surface area contributed by atoms with Crippen LogP contribution in [-0.2, 0) is 9.84 Å². The third kappa shape index (κ3) is 2.65. The molecule has 114 valence electrons. The highest BCUT2D eigenvalue weighted by molar-refractivity contribution is 7.95. The average molecular weight is 322 g/mol. The minimum Gasteiger partial charge on any atom is -0.358 e. The molecule has 0 amide bonds. The Morgan fingerprint density at radius 1 is 1.09 bits per heavy atom. The fourth-order valence-electron chi connectivity index (χ4n) is 2.51. The largest absolute Gasteiger partial charge is 0.358 e. The van der Waals surface area contributed by atoms with Crippen LogP contribution in [0.5, 0.6) is 0 Å². The van der Waals surface area contributed by atoms with Crippen LogP contribution in [0.15, 0.2) is 64.4 Å². The van der Waals surface area contributed by atoms with Gasteiger partial charge in [-0.05, 0) is 31.2 Å². The molecule has 0 atom stereocenters. The molecule has 2 aromatic carbocycles.